The van der Waals surface area contributed by atoms with Gasteiger partial charge in [0, 0.05) is 17.3 Å². The average molecular weight is 459 g/mol. The fraction of sp³-hybridized carbons (Fsp3) is 0.345. The summed E-state index contributed by atoms with van der Waals surface area (Å²) in [6.07, 6.45) is 4.14. The van der Waals surface area contributed by atoms with Gasteiger partial charge in [0.2, 0.25) is 5.88 Å². The van der Waals surface area contributed by atoms with E-state index >= 15 is 0 Å². The second-order valence-electron chi connectivity index (χ2n) is 8.86. The van der Waals surface area contributed by atoms with Crippen LogP contribution < -0.4 is 4.90 Å². The summed E-state index contributed by atoms with van der Waals surface area (Å²) in [6, 6.07) is 17.1. The van der Waals surface area contributed by atoms with Gasteiger partial charge in [-0.2, -0.15) is 0 Å². The molecular formula is C29H34N2O3. The van der Waals surface area contributed by atoms with Crippen LogP contribution in [-0.4, -0.2) is 18.3 Å². The molecule has 178 valence electrons. The minimum absolute atomic E-state index is 0.0767. The molecule has 0 radical (unpaired) electrons. The van der Waals surface area contributed by atoms with Gasteiger partial charge in [-0.05, 0) is 56.4 Å². The van der Waals surface area contributed by atoms with E-state index in [9.17, 15) is 0 Å². The predicted octanol–water partition coefficient (Wildman–Crippen LogP) is 7.10. The molecule has 0 saturated heterocycles. The van der Waals surface area contributed by atoms with E-state index in [0.717, 1.165) is 52.8 Å². The Morgan fingerprint density at radius 3 is 2.47 bits per heavy atom. The number of benzene rings is 2. The Morgan fingerprint density at radius 2 is 1.82 bits per heavy atom. The Hall–Kier alpha value is -3.47. The number of nitrogens with zero attached hydrogens (tertiary/aromatic N) is 2. The van der Waals surface area contributed by atoms with E-state index in [0.29, 0.717) is 6.61 Å². The number of hydrogen-bond donors (Lipinski definition) is 0. The first-order chi connectivity index (χ1) is 16.4. The molecular weight excluding hydrogens is 424 g/mol. The lowest BCUT2D eigenvalue weighted by atomic mass is 9.95. The predicted molar refractivity (Wildman–Crippen MR) is 136 cm³/mol. The maximum Gasteiger partial charge on any atom is 0.235 e. The summed E-state index contributed by atoms with van der Waals surface area (Å²) in [6.45, 7) is 10.8. The normalized spacial score (nSPS) is 16.0. The van der Waals surface area contributed by atoms with Crippen molar-refractivity contribution in [2.75, 3.05) is 12.0 Å². The van der Waals surface area contributed by atoms with E-state index in [4.69, 9.17) is 14.0 Å². The monoisotopic (exact) mass is 458 g/mol. The van der Waals surface area contributed by atoms with Gasteiger partial charge in [0.25, 0.3) is 0 Å². The summed E-state index contributed by atoms with van der Waals surface area (Å²) in [7, 11) is 1.69. The number of rotatable bonds is 8. The molecule has 5 nitrogen and oxygen atoms in total. The van der Waals surface area contributed by atoms with Gasteiger partial charge in [-0.15, -0.1) is 0 Å². The molecule has 1 aliphatic heterocycles. The zero-order valence-corrected chi connectivity index (χ0v) is 21.0. The van der Waals surface area contributed by atoms with Crippen molar-refractivity contribution in [1.82, 2.24) is 5.16 Å². The molecule has 1 aromatic heterocycles. The Labute approximate surface area is 202 Å². The lowest BCUT2D eigenvalue weighted by Crippen LogP contribution is -2.37. The molecule has 2 aromatic carbocycles. The molecule has 5 heteroatoms. The first-order valence-corrected chi connectivity index (χ1v) is 11.9. The number of hydrogen-bond acceptors (Lipinski definition) is 5. The highest BCUT2D eigenvalue weighted by molar-refractivity contribution is 5.68. The highest BCUT2D eigenvalue weighted by atomic mass is 16.5. The standard InChI is InChI=1S/C29H34N2O3/c1-7-11-25-17-23(14-15-26(25)24-12-9-8-10-13-24)18-33-27-16-19(2)31(22(5)28(27)32-6)29-20(3)21(4)30-34-29/h8-10,12-17,22H,7,11,18H2,1-6H3. The second-order valence-corrected chi connectivity index (χ2v) is 8.86. The molecule has 0 N–H and O–H groups in total. The smallest absolute Gasteiger partial charge is 0.235 e. The summed E-state index contributed by atoms with van der Waals surface area (Å²) >= 11 is 0. The largest absolute Gasteiger partial charge is 0.495 e. The van der Waals surface area contributed by atoms with E-state index in [-0.39, 0.29) is 6.04 Å². The molecule has 0 spiro atoms. The Morgan fingerprint density at radius 1 is 1.06 bits per heavy atom. The lowest BCUT2D eigenvalue weighted by Gasteiger charge is -2.34. The lowest BCUT2D eigenvalue weighted by molar-refractivity contribution is 0.165. The van der Waals surface area contributed by atoms with Crippen molar-refractivity contribution in [2.45, 2.75) is 60.1 Å². The van der Waals surface area contributed by atoms with Crippen LogP contribution in [0.1, 0.15) is 49.6 Å². The number of aromatic nitrogens is 1. The molecule has 0 amide bonds. The van der Waals surface area contributed by atoms with E-state index in [1.54, 1.807) is 7.11 Å². The van der Waals surface area contributed by atoms with Gasteiger partial charge < -0.3 is 18.9 Å². The maximum atomic E-state index is 6.32. The van der Waals surface area contributed by atoms with Crippen LogP contribution in [0.15, 0.2) is 76.3 Å². The summed E-state index contributed by atoms with van der Waals surface area (Å²) in [5, 5.41) is 4.13. The van der Waals surface area contributed by atoms with Crippen molar-refractivity contribution in [3.63, 3.8) is 0 Å². The molecule has 2 heterocycles. The van der Waals surface area contributed by atoms with Gasteiger partial charge in [-0.1, -0.05) is 67.0 Å². The number of methoxy groups -OCH3 is 1. The van der Waals surface area contributed by atoms with E-state index in [1.165, 1.54) is 16.7 Å². The van der Waals surface area contributed by atoms with Crippen LogP contribution in [0.3, 0.4) is 0 Å². The van der Waals surface area contributed by atoms with E-state index in [2.05, 4.69) is 79.4 Å². The van der Waals surface area contributed by atoms with Crippen molar-refractivity contribution in [3.05, 3.63) is 94.2 Å². The molecule has 3 aromatic rings. The van der Waals surface area contributed by atoms with Crippen LogP contribution in [0.2, 0.25) is 0 Å². The molecule has 0 saturated carbocycles. The number of aryl methyl sites for hydroxylation is 2. The summed E-state index contributed by atoms with van der Waals surface area (Å²) < 4.78 is 17.7. The molecule has 4 rings (SSSR count). The van der Waals surface area contributed by atoms with Gasteiger partial charge >= 0.3 is 0 Å². The number of ether oxygens (including phenoxy) is 2. The van der Waals surface area contributed by atoms with Crippen LogP contribution in [0.5, 0.6) is 0 Å². The van der Waals surface area contributed by atoms with Gasteiger partial charge in [0.05, 0.1) is 18.8 Å². The summed E-state index contributed by atoms with van der Waals surface area (Å²) in [5.41, 5.74) is 7.98. The maximum absolute atomic E-state index is 6.32. The minimum atomic E-state index is -0.0767. The van der Waals surface area contributed by atoms with Gasteiger partial charge in [-0.25, -0.2) is 0 Å². The molecule has 0 bridgehead atoms. The molecule has 0 aliphatic carbocycles. The first-order valence-electron chi connectivity index (χ1n) is 11.9. The zero-order chi connectivity index (χ0) is 24.2. The van der Waals surface area contributed by atoms with Gasteiger partial charge in [-0.3, -0.25) is 0 Å². The fourth-order valence-corrected chi connectivity index (χ4v) is 4.58. The van der Waals surface area contributed by atoms with Crippen molar-refractivity contribution in [1.29, 1.82) is 0 Å². The van der Waals surface area contributed by atoms with Crippen molar-refractivity contribution in [3.8, 4) is 11.1 Å². The summed E-state index contributed by atoms with van der Waals surface area (Å²) in [4.78, 5) is 2.11. The molecule has 34 heavy (non-hydrogen) atoms. The number of anilines is 1. The van der Waals surface area contributed by atoms with Crippen LogP contribution >= 0.6 is 0 Å². The van der Waals surface area contributed by atoms with Crippen molar-refractivity contribution < 1.29 is 14.0 Å². The quantitative estimate of drug-likeness (QED) is 0.360. The van der Waals surface area contributed by atoms with E-state index in [1.807, 2.05) is 19.9 Å². The Bertz CT molecular complexity index is 1210. The van der Waals surface area contributed by atoms with Crippen LogP contribution in [-0.2, 0) is 22.5 Å². The first kappa shape index (κ1) is 23.7. The third kappa shape index (κ3) is 4.60. The van der Waals surface area contributed by atoms with Gasteiger partial charge in [0.15, 0.2) is 11.5 Å². The van der Waals surface area contributed by atoms with Crippen molar-refractivity contribution >= 4 is 5.88 Å². The fourth-order valence-electron chi connectivity index (χ4n) is 4.58. The highest BCUT2D eigenvalue weighted by Crippen LogP contribution is 2.35. The van der Waals surface area contributed by atoms with Crippen LogP contribution in [0.4, 0.5) is 5.88 Å². The molecule has 1 unspecified atom stereocenters. The third-order valence-corrected chi connectivity index (χ3v) is 6.47. The van der Waals surface area contributed by atoms with Gasteiger partial charge in [0.1, 0.15) is 6.61 Å². The zero-order valence-electron chi connectivity index (χ0n) is 21.0. The topological polar surface area (TPSA) is 47.7 Å². The second kappa shape index (κ2) is 10.2. The van der Waals surface area contributed by atoms with Crippen LogP contribution in [0, 0.1) is 13.8 Å². The molecule has 0 fully saturated rings. The Kier molecular flexibility index (Phi) is 7.11. The molecule has 1 aliphatic rings. The minimum Gasteiger partial charge on any atom is -0.495 e. The molecule has 1 atom stereocenters. The summed E-state index contributed by atoms with van der Waals surface area (Å²) in [5.74, 6) is 2.27. The SMILES string of the molecule is CCCc1cc(COC2=C(OC)C(C)N(c3onc(C)c3C)C(C)=C2)ccc1-c1ccccc1. The highest BCUT2D eigenvalue weighted by Gasteiger charge is 2.32. The Balaban J connectivity index is 1.57. The van der Waals surface area contributed by atoms with Crippen molar-refractivity contribution in [2.24, 2.45) is 0 Å². The van der Waals surface area contributed by atoms with E-state index < -0.39 is 0 Å². The van der Waals surface area contributed by atoms with Crippen LogP contribution in [0.25, 0.3) is 11.1 Å². The average Bonchev–Trinajstić information content (AvgIpc) is 3.16. The third-order valence-electron chi connectivity index (χ3n) is 6.47. The number of allylic oxidation sites excluding steroid dienone is 2.